The maximum atomic E-state index is 12.5. The molecule has 0 saturated heterocycles. The van der Waals surface area contributed by atoms with Crippen molar-refractivity contribution in [2.75, 3.05) is 30.8 Å². The molecule has 1 aliphatic carbocycles. The van der Waals surface area contributed by atoms with E-state index < -0.39 is 0 Å². The van der Waals surface area contributed by atoms with E-state index in [1.165, 1.54) is 25.7 Å². The first-order valence-electron chi connectivity index (χ1n) is 7.58. The van der Waals surface area contributed by atoms with Crippen molar-refractivity contribution >= 4 is 17.3 Å². The number of nitrogens with zero attached hydrogens (tertiary/aromatic N) is 1. The summed E-state index contributed by atoms with van der Waals surface area (Å²) in [4.78, 5) is 14.4. The Morgan fingerprint density at radius 3 is 2.70 bits per heavy atom. The quantitative estimate of drug-likeness (QED) is 0.889. The Bertz CT molecular complexity index is 482. The van der Waals surface area contributed by atoms with Crippen LogP contribution in [0.4, 0.5) is 11.4 Å². The highest BCUT2D eigenvalue weighted by atomic mass is 16.2. The van der Waals surface area contributed by atoms with E-state index in [2.05, 4.69) is 10.6 Å². The third-order valence-electron chi connectivity index (χ3n) is 4.43. The molecule has 1 saturated carbocycles. The normalized spacial score (nSPS) is 21.8. The second-order valence-corrected chi connectivity index (χ2v) is 5.99. The van der Waals surface area contributed by atoms with Gasteiger partial charge in [-0.2, -0.15) is 0 Å². The molecule has 2 N–H and O–H groups in total. The number of carbonyl (C=O) groups excluding carboxylic acids is 1. The van der Waals surface area contributed by atoms with Gasteiger partial charge in [0.2, 0.25) is 5.91 Å². The van der Waals surface area contributed by atoms with Crippen LogP contribution in [0.5, 0.6) is 0 Å². The van der Waals surface area contributed by atoms with Crippen LogP contribution in [0.1, 0.15) is 25.7 Å². The minimum absolute atomic E-state index is 0.156. The molecule has 0 spiro atoms. The van der Waals surface area contributed by atoms with Crippen LogP contribution in [0.15, 0.2) is 24.3 Å². The molecule has 108 valence electrons. The predicted molar refractivity (Wildman–Crippen MR) is 81.9 cm³/mol. The van der Waals surface area contributed by atoms with Gasteiger partial charge in [0, 0.05) is 20.1 Å². The van der Waals surface area contributed by atoms with Gasteiger partial charge in [0.1, 0.15) is 6.04 Å². The Morgan fingerprint density at radius 2 is 1.95 bits per heavy atom. The van der Waals surface area contributed by atoms with Crippen LogP contribution in [0.3, 0.4) is 0 Å². The summed E-state index contributed by atoms with van der Waals surface area (Å²) < 4.78 is 0. The van der Waals surface area contributed by atoms with Crippen LogP contribution in [0.2, 0.25) is 0 Å². The van der Waals surface area contributed by atoms with Crippen molar-refractivity contribution in [1.29, 1.82) is 0 Å². The minimum atomic E-state index is -0.156. The molecule has 0 radical (unpaired) electrons. The molecule has 1 amide bonds. The summed E-state index contributed by atoms with van der Waals surface area (Å²) in [5.41, 5.74) is 2.10. The number of carbonyl (C=O) groups is 1. The Morgan fingerprint density at radius 1 is 1.25 bits per heavy atom. The van der Waals surface area contributed by atoms with Gasteiger partial charge in [0.25, 0.3) is 0 Å². The SMILES string of the molecule is CN(CC1CCCC1)C(=O)C1CNc2ccccc2N1. The van der Waals surface area contributed by atoms with Gasteiger partial charge >= 0.3 is 0 Å². The first-order valence-corrected chi connectivity index (χ1v) is 7.58. The average molecular weight is 273 g/mol. The minimum Gasteiger partial charge on any atom is -0.381 e. The number of likely N-dealkylation sites (N-methyl/N-ethyl adjacent to an activating group) is 1. The lowest BCUT2D eigenvalue weighted by Crippen LogP contribution is -2.47. The molecule has 1 heterocycles. The fourth-order valence-electron chi connectivity index (χ4n) is 3.30. The van der Waals surface area contributed by atoms with Crippen LogP contribution in [0, 0.1) is 5.92 Å². The predicted octanol–water partition coefficient (Wildman–Crippen LogP) is 2.54. The molecular formula is C16H23N3O. The van der Waals surface area contributed by atoms with Gasteiger partial charge in [0.15, 0.2) is 0 Å². The van der Waals surface area contributed by atoms with Gasteiger partial charge in [0.05, 0.1) is 11.4 Å². The molecular weight excluding hydrogens is 250 g/mol. The molecule has 4 heteroatoms. The van der Waals surface area contributed by atoms with Gasteiger partial charge in [-0.05, 0) is 30.9 Å². The topological polar surface area (TPSA) is 44.4 Å². The van der Waals surface area contributed by atoms with Crippen molar-refractivity contribution in [2.24, 2.45) is 5.92 Å². The number of fused-ring (bicyclic) bond motifs is 1. The lowest BCUT2D eigenvalue weighted by molar-refractivity contribution is -0.131. The molecule has 1 aromatic carbocycles. The third-order valence-corrected chi connectivity index (χ3v) is 4.43. The van der Waals surface area contributed by atoms with Gasteiger partial charge in [-0.1, -0.05) is 25.0 Å². The molecule has 20 heavy (non-hydrogen) atoms. The lowest BCUT2D eigenvalue weighted by atomic mass is 10.1. The number of anilines is 2. The Hall–Kier alpha value is -1.71. The van der Waals surface area contributed by atoms with Crippen molar-refractivity contribution < 1.29 is 4.79 Å². The van der Waals surface area contributed by atoms with E-state index in [0.717, 1.165) is 17.9 Å². The van der Waals surface area contributed by atoms with Gasteiger partial charge in [-0.15, -0.1) is 0 Å². The van der Waals surface area contributed by atoms with E-state index >= 15 is 0 Å². The summed E-state index contributed by atoms with van der Waals surface area (Å²) in [6, 6.07) is 7.88. The van der Waals surface area contributed by atoms with Crippen molar-refractivity contribution in [1.82, 2.24) is 4.90 Å². The first-order chi connectivity index (χ1) is 9.74. The van der Waals surface area contributed by atoms with E-state index in [9.17, 15) is 4.79 Å². The molecule has 1 aromatic rings. The summed E-state index contributed by atoms with van der Waals surface area (Å²) in [5, 5.41) is 6.68. The summed E-state index contributed by atoms with van der Waals surface area (Å²) in [5.74, 6) is 0.895. The largest absolute Gasteiger partial charge is 0.381 e. The Kier molecular flexibility index (Phi) is 3.81. The van der Waals surface area contributed by atoms with Crippen LogP contribution in [0.25, 0.3) is 0 Å². The highest BCUT2D eigenvalue weighted by Crippen LogP contribution is 2.27. The fraction of sp³-hybridized carbons (Fsp3) is 0.562. The summed E-state index contributed by atoms with van der Waals surface area (Å²) in [6.45, 7) is 1.56. The number of para-hydroxylation sites is 2. The average Bonchev–Trinajstić information content (AvgIpc) is 2.99. The van der Waals surface area contributed by atoms with E-state index in [-0.39, 0.29) is 11.9 Å². The molecule has 0 bridgehead atoms. The maximum absolute atomic E-state index is 12.5. The molecule has 4 nitrogen and oxygen atoms in total. The van der Waals surface area contributed by atoms with Crippen LogP contribution < -0.4 is 10.6 Å². The molecule has 1 aliphatic heterocycles. The van der Waals surface area contributed by atoms with Crippen molar-refractivity contribution in [3.05, 3.63) is 24.3 Å². The monoisotopic (exact) mass is 273 g/mol. The second kappa shape index (κ2) is 5.73. The highest BCUT2D eigenvalue weighted by Gasteiger charge is 2.27. The number of benzene rings is 1. The van der Waals surface area contributed by atoms with Gasteiger partial charge < -0.3 is 15.5 Å². The summed E-state index contributed by atoms with van der Waals surface area (Å²) in [7, 11) is 1.93. The van der Waals surface area contributed by atoms with Gasteiger partial charge in [-0.3, -0.25) is 4.79 Å². The highest BCUT2D eigenvalue weighted by molar-refractivity contribution is 5.88. The van der Waals surface area contributed by atoms with Crippen LogP contribution in [-0.2, 0) is 4.79 Å². The number of hydrogen-bond acceptors (Lipinski definition) is 3. The molecule has 1 unspecified atom stereocenters. The van der Waals surface area contributed by atoms with E-state index in [0.29, 0.717) is 12.5 Å². The summed E-state index contributed by atoms with van der Waals surface area (Å²) >= 11 is 0. The number of amides is 1. The maximum Gasteiger partial charge on any atom is 0.246 e. The van der Waals surface area contributed by atoms with E-state index in [1.54, 1.807) is 0 Å². The first kappa shape index (κ1) is 13.3. The Labute approximate surface area is 120 Å². The fourth-order valence-corrected chi connectivity index (χ4v) is 3.30. The second-order valence-electron chi connectivity index (χ2n) is 5.99. The zero-order valence-corrected chi connectivity index (χ0v) is 12.1. The number of nitrogens with one attached hydrogen (secondary N) is 2. The summed E-state index contributed by atoms with van der Waals surface area (Å²) in [6.07, 6.45) is 5.19. The molecule has 0 aromatic heterocycles. The smallest absolute Gasteiger partial charge is 0.246 e. The molecule has 1 fully saturated rings. The Balaban J connectivity index is 1.60. The van der Waals surface area contributed by atoms with Gasteiger partial charge in [-0.25, -0.2) is 0 Å². The van der Waals surface area contributed by atoms with Crippen molar-refractivity contribution in [3.8, 4) is 0 Å². The van der Waals surface area contributed by atoms with Crippen LogP contribution in [-0.4, -0.2) is 37.0 Å². The zero-order valence-electron chi connectivity index (χ0n) is 12.1. The third kappa shape index (κ3) is 2.74. The lowest BCUT2D eigenvalue weighted by Gasteiger charge is -2.31. The standard InChI is InChI=1S/C16H23N3O/c1-19(11-12-6-2-3-7-12)16(20)15-10-17-13-8-4-5-9-14(13)18-15/h4-5,8-9,12,15,17-18H,2-3,6-7,10-11H2,1H3. The number of hydrogen-bond donors (Lipinski definition) is 2. The zero-order chi connectivity index (χ0) is 13.9. The molecule has 3 rings (SSSR count). The molecule has 1 atom stereocenters. The van der Waals surface area contributed by atoms with Crippen LogP contribution >= 0.6 is 0 Å². The van der Waals surface area contributed by atoms with Crippen molar-refractivity contribution in [2.45, 2.75) is 31.7 Å². The number of rotatable bonds is 3. The van der Waals surface area contributed by atoms with E-state index in [1.807, 2.05) is 36.2 Å². The van der Waals surface area contributed by atoms with Crippen molar-refractivity contribution in [3.63, 3.8) is 0 Å². The van der Waals surface area contributed by atoms with E-state index in [4.69, 9.17) is 0 Å². The molecule has 2 aliphatic rings.